The SMILES string of the molecule is CCCCC(Cc1ccc2c(c1)C(=O)c1ccccc1C2=O)[N+](=O)[O-]. The molecule has 0 fully saturated rings. The van der Waals surface area contributed by atoms with Gasteiger partial charge in [-0.15, -0.1) is 0 Å². The summed E-state index contributed by atoms with van der Waals surface area (Å²) in [6, 6.07) is 11.1. The van der Waals surface area contributed by atoms with E-state index >= 15 is 0 Å². The summed E-state index contributed by atoms with van der Waals surface area (Å²) in [4.78, 5) is 36.3. The maximum absolute atomic E-state index is 12.7. The smallest absolute Gasteiger partial charge is 0.217 e. The van der Waals surface area contributed by atoms with Gasteiger partial charge in [0.15, 0.2) is 11.6 Å². The van der Waals surface area contributed by atoms with E-state index in [9.17, 15) is 19.7 Å². The molecule has 0 aromatic heterocycles. The Labute approximate surface area is 145 Å². The number of benzene rings is 2. The van der Waals surface area contributed by atoms with Crippen LogP contribution < -0.4 is 0 Å². The number of hydrogen-bond acceptors (Lipinski definition) is 4. The Morgan fingerprint density at radius 2 is 1.56 bits per heavy atom. The molecule has 0 radical (unpaired) electrons. The Balaban J connectivity index is 1.93. The molecule has 5 heteroatoms. The summed E-state index contributed by atoms with van der Waals surface area (Å²) in [6.07, 6.45) is 2.47. The first-order valence-corrected chi connectivity index (χ1v) is 8.47. The van der Waals surface area contributed by atoms with E-state index in [0.717, 1.165) is 18.4 Å². The first kappa shape index (κ1) is 17.0. The summed E-state index contributed by atoms with van der Waals surface area (Å²) in [5.41, 5.74) is 2.25. The third-order valence-corrected chi connectivity index (χ3v) is 4.65. The molecule has 2 aromatic rings. The molecule has 0 saturated heterocycles. The van der Waals surface area contributed by atoms with Crippen molar-refractivity contribution in [3.63, 3.8) is 0 Å². The number of nitro groups is 1. The topological polar surface area (TPSA) is 77.3 Å². The minimum atomic E-state index is -0.667. The molecule has 5 nitrogen and oxygen atoms in total. The fourth-order valence-corrected chi connectivity index (χ4v) is 3.27. The van der Waals surface area contributed by atoms with Gasteiger partial charge in [0.25, 0.3) is 0 Å². The normalized spacial score (nSPS) is 14.0. The van der Waals surface area contributed by atoms with Crippen molar-refractivity contribution < 1.29 is 14.5 Å². The highest BCUT2D eigenvalue weighted by molar-refractivity contribution is 6.28. The summed E-state index contributed by atoms with van der Waals surface area (Å²) in [6.45, 7) is 2.00. The fourth-order valence-electron chi connectivity index (χ4n) is 3.27. The van der Waals surface area contributed by atoms with Gasteiger partial charge < -0.3 is 0 Å². The van der Waals surface area contributed by atoms with Gasteiger partial charge in [-0.25, -0.2) is 0 Å². The Hall–Kier alpha value is -2.82. The number of ketones is 2. The average molecular weight is 337 g/mol. The van der Waals surface area contributed by atoms with E-state index in [1.54, 1.807) is 42.5 Å². The van der Waals surface area contributed by atoms with Crippen LogP contribution in [0, 0.1) is 10.1 Å². The van der Waals surface area contributed by atoms with Gasteiger partial charge in [-0.3, -0.25) is 19.7 Å². The van der Waals surface area contributed by atoms with Gasteiger partial charge in [0.1, 0.15) is 0 Å². The zero-order valence-corrected chi connectivity index (χ0v) is 14.0. The molecule has 1 aliphatic carbocycles. The molecule has 0 saturated carbocycles. The van der Waals surface area contributed by atoms with Gasteiger partial charge >= 0.3 is 0 Å². The zero-order valence-electron chi connectivity index (χ0n) is 14.0. The number of rotatable bonds is 6. The molecule has 0 heterocycles. The van der Waals surface area contributed by atoms with Crippen molar-refractivity contribution in [1.82, 2.24) is 0 Å². The Morgan fingerprint density at radius 3 is 2.16 bits per heavy atom. The second-order valence-corrected chi connectivity index (χ2v) is 6.37. The number of hydrogen-bond donors (Lipinski definition) is 0. The van der Waals surface area contributed by atoms with Crippen LogP contribution in [0.2, 0.25) is 0 Å². The largest absolute Gasteiger partial charge is 0.289 e. The predicted molar refractivity (Wildman–Crippen MR) is 93.8 cm³/mol. The molecule has 25 heavy (non-hydrogen) atoms. The van der Waals surface area contributed by atoms with Crippen LogP contribution in [0.4, 0.5) is 0 Å². The fraction of sp³-hybridized carbons (Fsp3) is 0.300. The lowest BCUT2D eigenvalue weighted by Crippen LogP contribution is -2.24. The highest BCUT2D eigenvalue weighted by atomic mass is 16.6. The third-order valence-electron chi connectivity index (χ3n) is 4.65. The highest BCUT2D eigenvalue weighted by Crippen LogP contribution is 2.28. The van der Waals surface area contributed by atoms with Crippen molar-refractivity contribution >= 4 is 11.6 Å². The molecule has 2 aromatic carbocycles. The molecule has 1 aliphatic rings. The van der Waals surface area contributed by atoms with Gasteiger partial charge in [-0.1, -0.05) is 49.7 Å². The van der Waals surface area contributed by atoms with Crippen molar-refractivity contribution in [2.75, 3.05) is 0 Å². The van der Waals surface area contributed by atoms with Crippen LogP contribution in [0.1, 0.15) is 63.6 Å². The van der Waals surface area contributed by atoms with Crippen molar-refractivity contribution in [1.29, 1.82) is 0 Å². The number of fused-ring (bicyclic) bond motifs is 2. The average Bonchev–Trinajstić information content (AvgIpc) is 2.62. The minimum absolute atomic E-state index is 0.173. The summed E-state index contributed by atoms with van der Waals surface area (Å²) >= 11 is 0. The van der Waals surface area contributed by atoms with Crippen LogP contribution in [0.3, 0.4) is 0 Å². The lowest BCUT2D eigenvalue weighted by atomic mass is 9.83. The van der Waals surface area contributed by atoms with Crippen molar-refractivity contribution in [3.8, 4) is 0 Å². The van der Waals surface area contributed by atoms with E-state index in [-0.39, 0.29) is 22.9 Å². The van der Waals surface area contributed by atoms with Crippen LogP contribution in [0.5, 0.6) is 0 Å². The summed E-state index contributed by atoms with van der Waals surface area (Å²) in [5, 5.41) is 11.3. The molecule has 0 N–H and O–H groups in total. The van der Waals surface area contributed by atoms with E-state index in [2.05, 4.69) is 0 Å². The van der Waals surface area contributed by atoms with Crippen molar-refractivity contribution in [3.05, 3.63) is 80.4 Å². The van der Waals surface area contributed by atoms with Crippen LogP contribution in [0.25, 0.3) is 0 Å². The molecule has 1 unspecified atom stereocenters. The van der Waals surface area contributed by atoms with E-state index in [1.807, 2.05) is 6.92 Å². The lowest BCUT2D eigenvalue weighted by Gasteiger charge is -2.18. The molecule has 0 bridgehead atoms. The summed E-state index contributed by atoms with van der Waals surface area (Å²) in [7, 11) is 0. The number of carbonyl (C=O) groups excluding carboxylic acids is 2. The first-order chi connectivity index (χ1) is 12.0. The maximum atomic E-state index is 12.7. The van der Waals surface area contributed by atoms with Gasteiger partial charge in [0.2, 0.25) is 6.04 Å². The highest BCUT2D eigenvalue weighted by Gasteiger charge is 2.30. The second kappa shape index (κ2) is 6.97. The van der Waals surface area contributed by atoms with Crippen LogP contribution >= 0.6 is 0 Å². The number of carbonyl (C=O) groups is 2. The molecular formula is C20H19NO4. The van der Waals surface area contributed by atoms with Crippen molar-refractivity contribution in [2.45, 2.75) is 38.6 Å². The molecular weight excluding hydrogens is 318 g/mol. The first-order valence-electron chi connectivity index (χ1n) is 8.47. The molecule has 3 rings (SSSR count). The van der Waals surface area contributed by atoms with Gasteiger partial charge in [0.05, 0.1) is 0 Å². The second-order valence-electron chi connectivity index (χ2n) is 6.37. The molecule has 128 valence electrons. The molecule has 0 spiro atoms. The molecule has 0 aliphatic heterocycles. The Morgan fingerprint density at radius 1 is 0.960 bits per heavy atom. The van der Waals surface area contributed by atoms with Gasteiger partial charge in [0, 0.05) is 40.0 Å². The van der Waals surface area contributed by atoms with Crippen LogP contribution in [-0.2, 0) is 6.42 Å². The molecule has 0 amide bonds. The zero-order chi connectivity index (χ0) is 18.0. The third kappa shape index (κ3) is 3.22. The minimum Gasteiger partial charge on any atom is -0.289 e. The monoisotopic (exact) mass is 337 g/mol. The van der Waals surface area contributed by atoms with E-state index in [0.29, 0.717) is 28.7 Å². The van der Waals surface area contributed by atoms with Crippen molar-refractivity contribution in [2.24, 2.45) is 0 Å². The van der Waals surface area contributed by atoms with Gasteiger partial charge in [-0.2, -0.15) is 0 Å². The van der Waals surface area contributed by atoms with E-state index in [4.69, 9.17) is 0 Å². The van der Waals surface area contributed by atoms with Crippen LogP contribution in [0.15, 0.2) is 42.5 Å². The number of unbranched alkanes of at least 4 members (excludes halogenated alkanes) is 1. The van der Waals surface area contributed by atoms with E-state index < -0.39 is 6.04 Å². The Kier molecular flexibility index (Phi) is 4.74. The quantitative estimate of drug-likeness (QED) is 0.506. The van der Waals surface area contributed by atoms with Crippen LogP contribution in [-0.4, -0.2) is 22.5 Å². The number of nitrogens with zero attached hydrogens (tertiary/aromatic N) is 1. The maximum Gasteiger partial charge on any atom is 0.217 e. The Bertz CT molecular complexity index is 857. The summed E-state index contributed by atoms with van der Waals surface area (Å²) in [5.74, 6) is -0.369. The standard InChI is InChI=1S/C20H19NO4/c1-2-3-6-14(21(24)25)11-13-9-10-17-18(12-13)20(23)16-8-5-4-7-15(16)19(17)22/h4-5,7-10,12,14H,2-3,6,11H2,1H3. The van der Waals surface area contributed by atoms with Gasteiger partial charge in [-0.05, 0) is 18.1 Å². The lowest BCUT2D eigenvalue weighted by molar-refractivity contribution is -0.523. The summed E-state index contributed by atoms with van der Waals surface area (Å²) < 4.78 is 0. The van der Waals surface area contributed by atoms with E-state index in [1.165, 1.54) is 0 Å². The molecule has 1 atom stereocenters. The predicted octanol–water partition coefficient (Wildman–Crippen LogP) is 3.84.